The van der Waals surface area contributed by atoms with E-state index in [1.165, 1.54) is 31.3 Å². The van der Waals surface area contributed by atoms with E-state index < -0.39 is 35.3 Å². The molecule has 234 valence electrons. The Bertz CT molecular complexity index is 996. The molecule has 0 bridgehead atoms. The molecule has 0 saturated carbocycles. The number of nitrogens with one attached hydrogen (secondary N) is 1. The van der Waals surface area contributed by atoms with Crippen molar-refractivity contribution >= 4 is 35.8 Å². The van der Waals surface area contributed by atoms with E-state index in [1.54, 1.807) is 24.1 Å². The molecule has 0 aromatic heterocycles. The number of nitrogens with zero attached hydrogens (tertiary/aromatic N) is 3. The maximum Gasteiger partial charge on any atom is 0.269 e. The molecule has 41 heavy (non-hydrogen) atoms. The number of nitrogens with two attached hydrogens (primary N) is 1. The van der Waals surface area contributed by atoms with Crippen molar-refractivity contribution in [2.45, 2.75) is 84.2 Å². The van der Waals surface area contributed by atoms with Crippen molar-refractivity contribution in [3.8, 4) is 0 Å². The SMILES string of the molecule is CCN(C(=O)C[C@@H](OC)[C@H](C)N(C)C(=O)[C@@H](N)C(C)C)[C@@H](C)[C@@H](CC(=O)NCCc1cccc([N+](=O)[O-])c1)OC.Cl. The van der Waals surface area contributed by atoms with Gasteiger partial charge in [-0.3, -0.25) is 24.5 Å². The summed E-state index contributed by atoms with van der Waals surface area (Å²) in [6, 6.07) is 4.83. The van der Waals surface area contributed by atoms with E-state index in [9.17, 15) is 24.5 Å². The number of ether oxygens (including phenoxy) is 2. The van der Waals surface area contributed by atoms with Crippen LogP contribution in [-0.4, -0.2) is 97.1 Å². The van der Waals surface area contributed by atoms with Crippen LogP contribution < -0.4 is 11.1 Å². The molecule has 1 aromatic rings. The molecular formula is C28H48ClN5O7. The Balaban J connectivity index is 0.0000160. The maximum atomic E-state index is 13.3. The number of halogens is 1. The fourth-order valence-corrected chi connectivity index (χ4v) is 4.48. The average molecular weight is 602 g/mol. The third-order valence-corrected chi connectivity index (χ3v) is 7.42. The number of carbonyl (C=O) groups is 3. The summed E-state index contributed by atoms with van der Waals surface area (Å²) in [7, 11) is 4.66. The Morgan fingerprint density at radius 3 is 2.15 bits per heavy atom. The number of nitro benzene ring substituents is 1. The van der Waals surface area contributed by atoms with Gasteiger partial charge in [-0.05, 0) is 38.7 Å². The molecule has 0 fully saturated rings. The molecule has 0 heterocycles. The molecule has 0 aliphatic carbocycles. The summed E-state index contributed by atoms with van der Waals surface area (Å²) in [6.07, 6.45) is -0.606. The standard InChI is InChI=1S/C28H47N5O7.ClH/c1-9-32(26(35)17-24(40-8)19(4)31(6)28(36)27(29)18(2)3)20(5)23(39-7)16-25(34)30-14-13-21-11-10-12-22(15-21)33(37)38;/h10-12,15,18-20,23-24,27H,9,13-14,16-17,29H2,1-8H3,(H,30,34);1H/t19-,20-,23+,24+,27-;/m0./s1. The fourth-order valence-electron chi connectivity index (χ4n) is 4.48. The van der Waals surface area contributed by atoms with Crippen molar-refractivity contribution in [1.29, 1.82) is 0 Å². The summed E-state index contributed by atoms with van der Waals surface area (Å²) in [5.74, 6) is -0.675. The molecular weight excluding hydrogens is 554 g/mol. The van der Waals surface area contributed by atoms with Gasteiger partial charge in [-0.15, -0.1) is 12.4 Å². The molecule has 5 atom stereocenters. The first-order valence-corrected chi connectivity index (χ1v) is 13.7. The number of amides is 3. The number of methoxy groups -OCH3 is 2. The van der Waals surface area contributed by atoms with Gasteiger partial charge in [-0.1, -0.05) is 26.0 Å². The van der Waals surface area contributed by atoms with E-state index in [0.29, 0.717) is 19.5 Å². The van der Waals surface area contributed by atoms with Crippen LogP contribution in [0.4, 0.5) is 5.69 Å². The normalized spacial score (nSPS) is 14.7. The number of hydrogen-bond acceptors (Lipinski definition) is 8. The minimum absolute atomic E-state index is 0. The van der Waals surface area contributed by atoms with Crippen LogP contribution in [-0.2, 0) is 30.3 Å². The molecule has 0 saturated heterocycles. The van der Waals surface area contributed by atoms with E-state index in [1.807, 2.05) is 34.6 Å². The second-order valence-corrected chi connectivity index (χ2v) is 10.4. The van der Waals surface area contributed by atoms with Gasteiger partial charge < -0.3 is 30.3 Å². The molecule has 0 unspecified atom stereocenters. The van der Waals surface area contributed by atoms with E-state index >= 15 is 0 Å². The summed E-state index contributed by atoms with van der Waals surface area (Å²) < 4.78 is 11.2. The molecule has 12 nitrogen and oxygen atoms in total. The zero-order valence-corrected chi connectivity index (χ0v) is 26.3. The Hall–Kier alpha value is -2.80. The Kier molecular flexibility index (Phi) is 17.3. The van der Waals surface area contributed by atoms with Gasteiger partial charge in [0, 0.05) is 46.5 Å². The second kappa shape index (κ2) is 18.6. The van der Waals surface area contributed by atoms with Crippen LogP contribution in [0.15, 0.2) is 24.3 Å². The lowest BCUT2D eigenvalue weighted by molar-refractivity contribution is -0.384. The van der Waals surface area contributed by atoms with Crippen LogP contribution >= 0.6 is 12.4 Å². The molecule has 0 radical (unpaired) electrons. The lowest BCUT2D eigenvalue weighted by atomic mass is 10.0. The highest BCUT2D eigenvalue weighted by atomic mass is 35.5. The van der Waals surface area contributed by atoms with Crippen LogP contribution in [0.5, 0.6) is 0 Å². The van der Waals surface area contributed by atoms with Gasteiger partial charge in [-0.25, -0.2) is 0 Å². The summed E-state index contributed by atoms with van der Waals surface area (Å²) in [6.45, 7) is 9.96. The van der Waals surface area contributed by atoms with Gasteiger partial charge in [0.1, 0.15) is 0 Å². The van der Waals surface area contributed by atoms with Crippen molar-refractivity contribution < 1.29 is 28.8 Å². The van der Waals surface area contributed by atoms with E-state index in [2.05, 4.69) is 5.32 Å². The van der Waals surface area contributed by atoms with E-state index in [0.717, 1.165) is 5.56 Å². The zero-order chi connectivity index (χ0) is 30.6. The highest BCUT2D eigenvalue weighted by Crippen LogP contribution is 2.18. The molecule has 0 spiro atoms. The third-order valence-electron chi connectivity index (χ3n) is 7.42. The predicted molar refractivity (Wildman–Crippen MR) is 160 cm³/mol. The van der Waals surface area contributed by atoms with Crippen LogP contribution in [0.2, 0.25) is 0 Å². The number of likely N-dealkylation sites (N-methyl/N-ethyl adjacent to an activating group) is 2. The van der Waals surface area contributed by atoms with Crippen molar-refractivity contribution in [3.05, 3.63) is 39.9 Å². The lowest BCUT2D eigenvalue weighted by Crippen LogP contribution is -2.53. The topological polar surface area (TPSA) is 157 Å². The van der Waals surface area contributed by atoms with Crippen molar-refractivity contribution in [1.82, 2.24) is 15.1 Å². The minimum atomic E-state index is -0.646. The lowest BCUT2D eigenvalue weighted by Gasteiger charge is -2.36. The van der Waals surface area contributed by atoms with Crippen LogP contribution in [0.1, 0.15) is 53.0 Å². The van der Waals surface area contributed by atoms with E-state index in [-0.39, 0.29) is 54.6 Å². The largest absolute Gasteiger partial charge is 0.379 e. The zero-order valence-electron chi connectivity index (χ0n) is 25.5. The van der Waals surface area contributed by atoms with Crippen LogP contribution in [0, 0.1) is 16.0 Å². The minimum Gasteiger partial charge on any atom is -0.379 e. The predicted octanol–water partition coefficient (Wildman–Crippen LogP) is 2.55. The first kappa shape index (κ1) is 38.2. The van der Waals surface area contributed by atoms with Crippen molar-refractivity contribution in [3.63, 3.8) is 0 Å². The monoisotopic (exact) mass is 601 g/mol. The number of hydrogen-bond donors (Lipinski definition) is 2. The maximum absolute atomic E-state index is 13.3. The first-order chi connectivity index (χ1) is 18.8. The van der Waals surface area contributed by atoms with Gasteiger partial charge in [0.15, 0.2) is 0 Å². The summed E-state index contributed by atoms with van der Waals surface area (Å²) >= 11 is 0. The smallest absolute Gasteiger partial charge is 0.269 e. The Labute approximate surface area is 249 Å². The summed E-state index contributed by atoms with van der Waals surface area (Å²) in [4.78, 5) is 52.4. The molecule has 1 aromatic carbocycles. The number of rotatable bonds is 17. The number of benzene rings is 1. The Morgan fingerprint density at radius 1 is 1.05 bits per heavy atom. The highest BCUT2D eigenvalue weighted by molar-refractivity contribution is 5.85. The molecule has 13 heteroatoms. The number of non-ortho nitro benzene ring substituents is 1. The van der Waals surface area contributed by atoms with Crippen LogP contribution in [0.25, 0.3) is 0 Å². The molecule has 1 rings (SSSR count). The number of nitro groups is 1. The molecule has 3 N–H and O–H groups in total. The van der Waals surface area contributed by atoms with E-state index in [4.69, 9.17) is 15.2 Å². The number of carbonyl (C=O) groups excluding carboxylic acids is 3. The van der Waals surface area contributed by atoms with Crippen LogP contribution in [0.3, 0.4) is 0 Å². The third kappa shape index (κ3) is 11.5. The molecule has 0 aliphatic heterocycles. The summed E-state index contributed by atoms with van der Waals surface area (Å²) in [5, 5.41) is 13.8. The van der Waals surface area contributed by atoms with Gasteiger partial charge in [0.2, 0.25) is 17.7 Å². The highest BCUT2D eigenvalue weighted by Gasteiger charge is 2.33. The molecule has 3 amide bonds. The van der Waals surface area contributed by atoms with Crippen molar-refractivity contribution in [2.75, 3.05) is 34.4 Å². The first-order valence-electron chi connectivity index (χ1n) is 13.7. The van der Waals surface area contributed by atoms with Gasteiger partial charge in [0.25, 0.3) is 5.69 Å². The Morgan fingerprint density at radius 2 is 1.63 bits per heavy atom. The molecule has 0 aliphatic rings. The second-order valence-electron chi connectivity index (χ2n) is 10.4. The van der Waals surface area contributed by atoms with Gasteiger partial charge >= 0.3 is 0 Å². The van der Waals surface area contributed by atoms with Gasteiger partial charge in [-0.2, -0.15) is 0 Å². The fraction of sp³-hybridized carbons (Fsp3) is 0.679. The van der Waals surface area contributed by atoms with Crippen molar-refractivity contribution in [2.24, 2.45) is 11.7 Å². The van der Waals surface area contributed by atoms with Gasteiger partial charge in [0.05, 0.1) is 48.1 Å². The quantitative estimate of drug-likeness (QED) is 0.204. The average Bonchev–Trinajstić information content (AvgIpc) is 2.93. The summed E-state index contributed by atoms with van der Waals surface area (Å²) in [5.41, 5.74) is 6.79.